The van der Waals surface area contributed by atoms with Gasteiger partial charge in [0.15, 0.2) is 0 Å². The summed E-state index contributed by atoms with van der Waals surface area (Å²) >= 11 is 0. The second-order valence-electron chi connectivity index (χ2n) is 4.92. The molecule has 0 spiro atoms. The largest absolute Gasteiger partial charge is 0.314 e. The lowest BCUT2D eigenvalue weighted by Gasteiger charge is -2.23. The molecule has 0 rings (SSSR count). The monoisotopic (exact) mass is 211 g/mol. The predicted octanol–water partition coefficient (Wildman–Crippen LogP) is 1.71. The van der Waals surface area contributed by atoms with E-state index in [1.165, 1.54) is 0 Å². The van der Waals surface area contributed by atoms with Crippen LogP contribution >= 0.6 is 0 Å². The zero-order chi connectivity index (χ0) is 11.8. The van der Waals surface area contributed by atoms with E-state index in [1.807, 2.05) is 6.92 Å². The number of hydrogen-bond donors (Lipinski definition) is 1. The molecule has 88 valence electrons. The van der Waals surface area contributed by atoms with Crippen LogP contribution in [0.15, 0.2) is 0 Å². The van der Waals surface area contributed by atoms with E-state index in [0.29, 0.717) is 12.0 Å². The Balaban J connectivity index is 3.67. The summed E-state index contributed by atoms with van der Waals surface area (Å²) < 4.78 is 0. The molecule has 0 aliphatic heterocycles. The Morgan fingerprint density at radius 3 is 2.27 bits per heavy atom. The Morgan fingerprint density at radius 1 is 1.20 bits per heavy atom. The minimum atomic E-state index is 0.125. The zero-order valence-electron chi connectivity index (χ0n) is 10.7. The maximum absolute atomic E-state index is 8.70. The Bertz CT molecular complexity index is 196. The van der Waals surface area contributed by atoms with Crippen molar-refractivity contribution in [1.29, 1.82) is 5.26 Å². The summed E-state index contributed by atoms with van der Waals surface area (Å²) in [5, 5.41) is 12.1. The molecule has 0 radical (unpaired) electrons. The molecule has 0 aromatic rings. The van der Waals surface area contributed by atoms with Crippen LogP contribution in [0, 0.1) is 23.2 Å². The molecule has 0 aliphatic rings. The number of nitrogens with zero attached hydrogens (tertiary/aromatic N) is 2. The highest BCUT2D eigenvalue weighted by molar-refractivity contribution is 4.81. The van der Waals surface area contributed by atoms with Crippen LogP contribution in [0.1, 0.15) is 27.7 Å². The van der Waals surface area contributed by atoms with E-state index in [0.717, 1.165) is 19.6 Å². The Labute approximate surface area is 94.5 Å². The van der Waals surface area contributed by atoms with E-state index in [2.05, 4.69) is 44.1 Å². The van der Waals surface area contributed by atoms with Crippen molar-refractivity contribution in [2.24, 2.45) is 11.8 Å². The summed E-state index contributed by atoms with van der Waals surface area (Å²) in [7, 11) is 2.08. The van der Waals surface area contributed by atoms with Gasteiger partial charge in [-0.2, -0.15) is 5.26 Å². The van der Waals surface area contributed by atoms with Crippen LogP contribution in [0.5, 0.6) is 0 Å². The van der Waals surface area contributed by atoms with Crippen molar-refractivity contribution in [3.05, 3.63) is 0 Å². The maximum Gasteiger partial charge on any atom is 0.0666 e. The van der Waals surface area contributed by atoms with Gasteiger partial charge in [0, 0.05) is 19.1 Å². The molecule has 15 heavy (non-hydrogen) atoms. The first kappa shape index (κ1) is 14.4. The van der Waals surface area contributed by atoms with Crippen molar-refractivity contribution in [1.82, 2.24) is 10.2 Å². The standard InChI is InChI=1S/C12H25N3/c1-10(2)14-7-12(4)9-15(5)8-11(3)6-13/h10-12,14H,7-9H2,1-5H3. The van der Waals surface area contributed by atoms with Crippen LogP contribution < -0.4 is 5.32 Å². The molecular weight excluding hydrogens is 186 g/mol. The van der Waals surface area contributed by atoms with Gasteiger partial charge in [-0.15, -0.1) is 0 Å². The molecule has 3 nitrogen and oxygen atoms in total. The molecule has 3 heteroatoms. The molecular formula is C12H25N3. The molecule has 0 aromatic carbocycles. The highest BCUT2D eigenvalue weighted by Crippen LogP contribution is 2.01. The number of rotatable bonds is 7. The van der Waals surface area contributed by atoms with Crippen molar-refractivity contribution in [2.45, 2.75) is 33.7 Å². The van der Waals surface area contributed by atoms with Crippen LogP contribution in [-0.2, 0) is 0 Å². The van der Waals surface area contributed by atoms with Crippen LogP contribution in [0.4, 0.5) is 0 Å². The average molecular weight is 211 g/mol. The van der Waals surface area contributed by atoms with E-state index in [-0.39, 0.29) is 5.92 Å². The normalized spacial score (nSPS) is 15.3. The van der Waals surface area contributed by atoms with Crippen molar-refractivity contribution in [2.75, 3.05) is 26.7 Å². The van der Waals surface area contributed by atoms with Gasteiger partial charge >= 0.3 is 0 Å². The third-order valence-corrected chi connectivity index (χ3v) is 2.30. The van der Waals surface area contributed by atoms with Crippen LogP contribution in [0.2, 0.25) is 0 Å². The molecule has 0 bridgehead atoms. The molecule has 2 atom stereocenters. The molecule has 0 saturated heterocycles. The fraction of sp³-hybridized carbons (Fsp3) is 0.917. The van der Waals surface area contributed by atoms with E-state index < -0.39 is 0 Å². The molecule has 0 fully saturated rings. The summed E-state index contributed by atoms with van der Waals surface area (Å²) in [6.45, 7) is 11.5. The molecule has 0 aromatic heterocycles. The lowest BCUT2D eigenvalue weighted by Crippen LogP contribution is -2.35. The van der Waals surface area contributed by atoms with Gasteiger partial charge in [-0.3, -0.25) is 0 Å². The van der Waals surface area contributed by atoms with E-state index in [4.69, 9.17) is 5.26 Å². The van der Waals surface area contributed by atoms with Crippen molar-refractivity contribution in [3.63, 3.8) is 0 Å². The summed E-state index contributed by atoms with van der Waals surface area (Å²) in [6.07, 6.45) is 0. The first-order chi connectivity index (χ1) is 6.95. The zero-order valence-corrected chi connectivity index (χ0v) is 10.7. The molecule has 0 amide bonds. The lowest BCUT2D eigenvalue weighted by atomic mass is 10.1. The second-order valence-corrected chi connectivity index (χ2v) is 4.92. The van der Waals surface area contributed by atoms with E-state index in [1.54, 1.807) is 0 Å². The van der Waals surface area contributed by atoms with Gasteiger partial charge in [0.2, 0.25) is 0 Å². The van der Waals surface area contributed by atoms with Crippen molar-refractivity contribution in [3.8, 4) is 6.07 Å². The fourth-order valence-corrected chi connectivity index (χ4v) is 1.62. The topological polar surface area (TPSA) is 39.1 Å². The minimum Gasteiger partial charge on any atom is -0.314 e. The Hall–Kier alpha value is -0.590. The van der Waals surface area contributed by atoms with Gasteiger partial charge in [-0.1, -0.05) is 20.8 Å². The van der Waals surface area contributed by atoms with Gasteiger partial charge in [-0.25, -0.2) is 0 Å². The SMILES string of the molecule is CC(C#N)CN(C)CC(C)CNC(C)C. The fourth-order valence-electron chi connectivity index (χ4n) is 1.62. The average Bonchev–Trinajstić information content (AvgIpc) is 2.14. The van der Waals surface area contributed by atoms with Crippen LogP contribution in [0.3, 0.4) is 0 Å². The van der Waals surface area contributed by atoms with Gasteiger partial charge in [-0.05, 0) is 26.4 Å². The molecule has 0 saturated carbocycles. The van der Waals surface area contributed by atoms with E-state index in [9.17, 15) is 0 Å². The van der Waals surface area contributed by atoms with Gasteiger partial charge < -0.3 is 10.2 Å². The Morgan fingerprint density at radius 2 is 1.80 bits per heavy atom. The minimum absolute atomic E-state index is 0.125. The molecule has 1 N–H and O–H groups in total. The smallest absolute Gasteiger partial charge is 0.0666 e. The lowest BCUT2D eigenvalue weighted by molar-refractivity contribution is 0.262. The first-order valence-electron chi connectivity index (χ1n) is 5.77. The first-order valence-corrected chi connectivity index (χ1v) is 5.77. The summed E-state index contributed by atoms with van der Waals surface area (Å²) in [6, 6.07) is 2.81. The molecule has 0 aliphatic carbocycles. The number of nitrogens with one attached hydrogen (secondary N) is 1. The van der Waals surface area contributed by atoms with Gasteiger partial charge in [0.25, 0.3) is 0 Å². The van der Waals surface area contributed by atoms with Crippen LogP contribution in [-0.4, -0.2) is 37.6 Å². The predicted molar refractivity (Wildman–Crippen MR) is 64.6 cm³/mol. The quantitative estimate of drug-likeness (QED) is 0.697. The third kappa shape index (κ3) is 8.41. The number of hydrogen-bond acceptors (Lipinski definition) is 3. The Kier molecular flexibility index (Phi) is 7.37. The summed E-state index contributed by atoms with van der Waals surface area (Å²) in [4.78, 5) is 2.24. The summed E-state index contributed by atoms with van der Waals surface area (Å²) in [5.74, 6) is 0.753. The van der Waals surface area contributed by atoms with Gasteiger partial charge in [0.05, 0.1) is 12.0 Å². The maximum atomic E-state index is 8.70. The van der Waals surface area contributed by atoms with Gasteiger partial charge in [0.1, 0.15) is 0 Å². The molecule has 0 heterocycles. The second kappa shape index (κ2) is 7.67. The van der Waals surface area contributed by atoms with Crippen molar-refractivity contribution < 1.29 is 0 Å². The van der Waals surface area contributed by atoms with E-state index >= 15 is 0 Å². The molecule has 2 unspecified atom stereocenters. The highest BCUT2D eigenvalue weighted by atomic mass is 15.1. The van der Waals surface area contributed by atoms with Crippen molar-refractivity contribution >= 4 is 0 Å². The van der Waals surface area contributed by atoms with Crippen LogP contribution in [0.25, 0.3) is 0 Å². The highest BCUT2D eigenvalue weighted by Gasteiger charge is 2.09. The number of nitriles is 1. The summed E-state index contributed by atoms with van der Waals surface area (Å²) in [5.41, 5.74) is 0. The third-order valence-electron chi connectivity index (χ3n) is 2.30.